The first-order valence-electron chi connectivity index (χ1n) is 7.82. The van der Waals surface area contributed by atoms with E-state index in [0.29, 0.717) is 24.9 Å². The van der Waals surface area contributed by atoms with Gasteiger partial charge in [-0.3, -0.25) is 15.6 Å². The van der Waals surface area contributed by atoms with Gasteiger partial charge in [0.2, 0.25) is 10.0 Å². The number of amides is 1. The molecule has 0 unspecified atom stereocenters. The van der Waals surface area contributed by atoms with Crippen molar-refractivity contribution in [3.8, 4) is 0 Å². The number of hydrogen-bond donors (Lipinski definition) is 3. The Balaban J connectivity index is 1.75. The van der Waals surface area contributed by atoms with Crippen molar-refractivity contribution in [3.63, 3.8) is 0 Å². The number of sulfonamides is 1. The van der Waals surface area contributed by atoms with E-state index in [0.717, 1.165) is 6.08 Å². The van der Waals surface area contributed by atoms with E-state index in [2.05, 4.69) is 15.8 Å². The average molecular weight is 396 g/mol. The van der Waals surface area contributed by atoms with Gasteiger partial charge in [-0.1, -0.05) is 0 Å². The molecule has 2 heterocycles. The number of carboxylic acids is 1. The smallest absolute Gasteiger partial charge is 0.328 e. The average Bonchev–Trinajstić information content (AvgIpc) is 3.07. The molecule has 0 radical (unpaired) electrons. The maximum absolute atomic E-state index is 12.7. The number of benzene rings is 1. The Morgan fingerprint density at radius 3 is 2.67 bits per heavy atom. The molecule has 12 heteroatoms. The molecule has 0 spiro atoms. The van der Waals surface area contributed by atoms with Gasteiger partial charge in [0.15, 0.2) is 5.58 Å². The van der Waals surface area contributed by atoms with Crippen LogP contribution in [0.1, 0.15) is 0 Å². The number of rotatable bonds is 6. The Morgan fingerprint density at radius 1 is 1.22 bits per heavy atom. The quantitative estimate of drug-likeness (QED) is 0.450. The lowest BCUT2D eigenvalue weighted by Crippen LogP contribution is -2.40. The molecular weight excluding hydrogens is 380 g/mol. The topological polar surface area (TPSA) is 151 Å². The van der Waals surface area contributed by atoms with Crippen LogP contribution in [-0.4, -0.2) is 61.0 Å². The molecule has 1 aliphatic heterocycles. The minimum absolute atomic E-state index is 0.0742. The van der Waals surface area contributed by atoms with Gasteiger partial charge in [0.1, 0.15) is 5.52 Å². The lowest BCUT2D eigenvalue weighted by molar-refractivity contribution is -0.131. The maximum atomic E-state index is 12.7. The van der Waals surface area contributed by atoms with Gasteiger partial charge >= 0.3 is 12.0 Å². The molecule has 11 nitrogen and oxygen atoms in total. The summed E-state index contributed by atoms with van der Waals surface area (Å²) in [6, 6.07) is 4.17. The standard InChI is InChI=1S/C15H16N4O7S/c20-13(3-4-14(21)22)17-18-15-16-11-9-10(1-2-12(11)26-15)27(23,24)19-5-7-25-8-6-19/h1-4,9H,5-8H2,(H,16,18)(H,17,20)(H,21,22)/b4-3+. The third kappa shape index (κ3) is 4.42. The van der Waals surface area contributed by atoms with Gasteiger partial charge in [0.25, 0.3) is 5.91 Å². The van der Waals surface area contributed by atoms with Crippen molar-refractivity contribution in [2.45, 2.75) is 4.90 Å². The molecule has 27 heavy (non-hydrogen) atoms. The van der Waals surface area contributed by atoms with Crippen molar-refractivity contribution in [3.05, 3.63) is 30.4 Å². The highest BCUT2D eigenvalue weighted by molar-refractivity contribution is 7.89. The summed E-state index contributed by atoms with van der Waals surface area (Å²) in [6.07, 6.45) is 1.48. The highest BCUT2D eigenvalue weighted by Gasteiger charge is 2.27. The van der Waals surface area contributed by atoms with Gasteiger partial charge in [0.05, 0.1) is 18.1 Å². The third-order valence-electron chi connectivity index (χ3n) is 3.64. The number of nitrogens with one attached hydrogen (secondary N) is 2. The predicted octanol–water partition coefficient (Wildman–Crippen LogP) is -0.0674. The number of carbonyl (C=O) groups is 2. The Morgan fingerprint density at radius 2 is 1.96 bits per heavy atom. The van der Waals surface area contributed by atoms with Crippen LogP contribution in [0.3, 0.4) is 0 Å². The first kappa shape index (κ1) is 18.8. The molecule has 2 aromatic rings. The van der Waals surface area contributed by atoms with Gasteiger partial charge < -0.3 is 14.3 Å². The largest absolute Gasteiger partial charge is 0.478 e. The van der Waals surface area contributed by atoms with Gasteiger partial charge in [-0.25, -0.2) is 13.2 Å². The van der Waals surface area contributed by atoms with E-state index < -0.39 is 21.9 Å². The molecule has 1 saturated heterocycles. The second-order valence-electron chi connectivity index (χ2n) is 5.45. The summed E-state index contributed by atoms with van der Waals surface area (Å²) in [6.45, 7) is 1.24. The van der Waals surface area contributed by atoms with Crippen molar-refractivity contribution in [1.82, 2.24) is 14.7 Å². The van der Waals surface area contributed by atoms with Crippen molar-refractivity contribution in [2.75, 3.05) is 31.7 Å². The minimum atomic E-state index is -3.67. The Hall–Kier alpha value is -2.96. The summed E-state index contributed by atoms with van der Waals surface area (Å²) in [4.78, 5) is 25.9. The van der Waals surface area contributed by atoms with Crippen molar-refractivity contribution in [1.29, 1.82) is 0 Å². The van der Waals surface area contributed by atoms with E-state index in [1.165, 1.54) is 22.5 Å². The van der Waals surface area contributed by atoms with Gasteiger partial charge in [0, 0.05) is 25.2 Å². The molecule has 3 rings (SSSR count). The molecule has 0 atom stereocenters. The van der Waals surface area contributed by atoms with E-state index in [4.69, 9.17) is 14.3 Å². The van der Waals surface area contributed by atoms with Crippen LogP contribution in [0.25, 0.3) is 11.1 Å². The number of aromatic nitrogens is 1. The van der Waals surface area contributed by atoms with Crippen LogP contribution in [0.2, 0.25) is 0 Å². The van der Waals surface area contributed by atoms with E-state index in [9.17, 15) is 18.0 Å². The highest BCUT2D eigenvalue weighted by Crippen LogP contribution is 2.24. The number of carboxylic acid groups (broad SMARTS) is 1. The van der Waals surface area contributed by atoms with Crippen LogP contribution in [0, 0.1) is 0 Å². The number of anilines is 1. The zero-order chi connectivity index (χ0) is 19.4. The molecule has 0 bridgehead atoms. The van der Waals surface area contributed by atoms with Crippen LogP contribution < -0.4 is 10.9 Å². The zero-order valence-corrected chi connectivity index (χ0v) is 14.7. The van der Waals surface area contributed by atoms with Gasteiger partial charge in [-0.05, 0) is 18.2 Å². The number of aliphatic carboxylic acids is 1. The normalized spacial score (nSPS) is 15.9. The Bertz CT molecular complexity index is 993. The van der Waals surface area contributed by atoms with Crippen LogP contribution in [-0.2, 0) is 24.3 Å². The van der Waals surface area contributed by atoms with Crippen LogP contribution >= 0.6 is 0 Å². The molecule has 3 N–H and O–H groups in total. The number of hydrogen-bond acceptors (Lipinski definition) is 8. The van der Waals surface area contributed by atoms with E-state index in [-0.39, 0.29) is 29.5 Å². The molecule has 144 valence electrons. The van der Waals surface area contributed by atoms with Crippen LogP contribution in [0.4, 0.5) is 6.01 Å². The molecule has 1 aliphatic rings. The van der Waals surface area contributed by atoms with Crippen molar-refractivity contribution >= 4 is 39.0 Å². The SMILES string of the molecule is O=C(O)/C=C/C(=O)NNc1nc2cc(S(=O)(=O)N3CCOCC3)ccc2o1. The number of fused-ring (bicyclic) bond motifs is 1. The van der Waals surface area contributed by atoms with Gasteiger partial charge in [-0.2, -0.15) is 9.29 Å². The Labute approximate surface area is 153 Å². The molecule has 0 aliphatic carbocycles. The number of hydrazine groups is 1. The fourth-order valence-electron chi connectivity index (χ4n) is 2.36. The summed E-state index contributed by atoms with van der Waals surface area (Å²) < 4.78 is 37.2. The number of oxazole rings is 1. The molecule has 1 fully saturated rings. The molecule has 1 aromatic heterocycles. The summed E-state index contributed by atoms with van der Waals surface area (Å²) in [5.41, 5.74) is 5.15. The summed E-state index contributed by atoms with van der Waals surface area (Å²) in [7, 11) is -3.67. The lowest BCUT2D eigenvalue weighted by Gasteiger charge is -2.25. The predicted molar refractivity (Wildman–Crippen MR) is 92.1 cm³/mol. The molecule has 0 saturated carbocycles. The third-order valence-corrected chi connectivity index (χ3v) is 5.53. The van der Waals surface area contributed by atoms with E-state index in [1.807, 2.05) is 0 Å². The summed E-state index contributed by atoms with van der Waals surface area (Å²) in [5, 5.41) is 8.45. The van der Waals surface area contributed by atoms with Gasteiger partial charge in [-0.15, -0.1) is 0 Å². The summed E-state index contributed by atoms with van der Waals surface area (Å²) in [5.74, 6) is -1.99. The molecule has 1 aromatic carbocycles. The highest BCUT2D eigenvalue weighted by atomic mass is 32.2. The number of ether oxygens (including phenoxy) is 1. The number of nitrogens with zero attached hydrogens (tertiary/aromatic N) is 2. The van der Waals surface area contributed by atoms with E-state index >= 15 is 0 Å². The molecular formula is C15H16N4O7S. The van der Waals surface area contributed by atoms with E-state index in [1.54, 1.807) is 0 Å². The fourth-order valence-corrected chi connectivity index (χ4v) is 3.79. The fraction of sp³-hybridized carbons (Fsp3) is 0.267. The first-order valence-corrected chi connectivity index (χ1v) is 9.26. The summed E-state index contributed by atoms with van der Waals surface area (Å²) >= 11 is 0. The molecule has 1 amide bonds. The number of morpholine rings is 1. The first-order chi connectivity index (χ1) is 12.9. The van der Waals surface area contributed by atoms with Crippen LogP contribution in [0.5, 0.6) is 0 Å². The van der Waals surface area contributed by atoms with Crippen LogP contribution in [0.15, 0.2) is 39.7 Å². The zero-order valence-electron chi connectivity index (χ0n) is 13.9. The minimum Gasteiger partial charge on any atom is -0.478 e. The second-order valence-corrected chi connectivity index (χ2v) is 7.39. The monoisotopic (exact) mass is 396 g/mol. The number of carbonyl (C=O) groups excluding carboxylic acids is 1. The maximum Gasteiger partial charge on any atom is 0.328 e. The van der Waals surface area contributed by atoms with Crippen molar-refractivity contribution in [2.24, 2.45) is 0 Å². The second kappa shape index (κ2) is 7.73. The Kier molecular flexibility index (Phi) is 5.39. The van der Waals surface area contributed by atoms with Crippen molar-refractivity contribution < 1.29 is 32.3 Å². The lowest BCUT2D eigenvalue weighted by atomic mass is 10.3.